The van der Waals surface area contributed by atoms with Crippen molar-refractivity contribution in [3.63, 3.8) is 0 Å². The molecule has 0 heterocycles. The molecule has 1 amide bonds. The maximum absolute atomic E-state index is 12.1. The summed E-state index contributed by atoms with van der Waals surface area (Å²) in [7, 11) is 0. The summed E-state index contributed by atoms with van der Waals surface area (Å²) in [5.41, 5.74) is 1.01. The van der Waals surface area contributed by atoms with Crippen LogP contribution in [0.15, 0.2) is 24.3 Å². The molecule has 110 valence electrons. The number of ether oxygens (including phenoxy) is 1. The van der Waals surface area contributed by atoms with Gasteiger partial charge in [-0.25, -0.2) is 4.79 Å². The van der Waals surface area contributed by atoms with Crippen LogP contribution in [0.4, 0.5) is 4.79 Å². The zero-order valence-corrected chi connectivity index (χ0v) is 12.8. The first kappa shape index (κ1) is 16.2. The number of alkyl carbamates (subject to hydrolysis) is 1. The molecular formula is C16H23NO3. The third-order valence-electron chi connectivity index (χ3n) is 2.64. The van der Waals surface area contributed by atoms with Crippen molar-refractivity contribution in [1.29, 1.82) is 0 Å². The Morgan fingerprint density at radius 2 is 1.80 bits per heavy atom. The number of ketones is 1. The summed E-state index contributed by atoms with van der Waals surface area (Å²) in [6.45, 7) is 9.44. The highest BCUT2D eigenvalue weighted by Gasteiger charge is 2.17. The molecule has 0 saturated carbocycles. The van der Waals surface area contributed by atoms with E-state index >= 15 is 0 Å². The minimum atomic E-state index is -0.482. The lowest BCUT2D eigenvalue weighted by atomic mass is 9.97. The molecule has 4 nitrogen and oxygen atoms in total. The van der Waals surface area contributed by atoms with Crippen molar-refractivity contribution >= 4 is 11.9 Å². The van der Waals surface area contributed by atoms with Gasteiger partial charge in [0.15, 0.2) is 5.78 Å². The largest absolute Gasteiger partial charge is 0.445 e. The minimum Gasteiger partial charge on any atom is -0.445 e. The van der Waals surface area contributed by atoms with E-state index in [1.54, 1.807) is 12.1 Å². The van der Waals surface area contributed by atoms with E-state index in [1.165, 1.54) is 0 Å². The summed E-state index contributed by atoms with van der Waals surface area (Å²) in [6.07, 6.45) is -0.482. The SMILES string of the molecule is CC(C)C(=O)c1ccccc1COC(=O)NC(C)(C)C. The minimum absolute atomic E-state index is 0.0560. The van der Waals surface area contributed by atoms with Crippen molar-refractivity contribution in [3.8, 4) is 0 Å². The number of amides is 1. The molecule has 0 fully saturated rings. The zero-order valence-electron chi connectivity index (χ0n) is 12.8. The Labute approximate surface area is 120 Å². The predicted molar refractivity (Wildman–Crippen MR) is 78.7 cm³/mol. The van der Waals surface area contributed by atoms with Crippen molar-refractivity contribution in [2.24, 2.45) is 5.92 Å². The maximum atomic E-state index is 12.1. The van der Waals surface area contributed by atoms with Gasteiger partial charge in [-0.3, -0.25) is 4.79 Å². The molecule has 0 atom stereocenters. The monoisotopic (exact) mass is 277 g/mol. The highest BCUT2D eigenvalue weighted by Crippen LogP contribution is 2.15. The average Bonchev–Trinajstić information content (AvgIpc) is 2.33. The second-order valence-electron chi connectivity index (χ2n) is 6.13. The van der Waals surface area contributed by atoms with Gasteiger partial charge < -0.3 is 10.1 Å². The van der Waals surface area contributed by atoms with Crippen LogP contribution in [0.25, 0.3) is 0 Å². The highest BCUT2D eigenvalue weighted by molar-refractivity contribution is 5.98. The topological polar surface area (TPSA) is 55.4 Å². The number of carbonyl (C=O) groups is 2. The fourth-order valence-electron chi connectivity index (χ4n) is 1.68. The molecule has 0 saturated heterocycles. The van der Waals surface area contributed by atoms with E-state index in [2.05, 4.69) is 5.32 Å². The normalized spacial score (nSPS) is 11.3. The molecule has 1 aromatic rings. The van der Waals surface area contributed by atoms with Gasteiger partial charge in [0.2, 0.25) is 0 Å². The van der Waals surface area contributed by atoms with E-state index in [0.29, 0.717) is 5.56 Å². The van der Waals surface area contributed by atoms with Gasteiger partial charge in [0, 0.05) is 22.6 Å². The van der Waals surface area contributed by atoms with Crippen LogP contribution in [0.2, 0.25) is 0 Å². The lowest BCUT2D eigenvalue weighted by Crippen LogP contribution is -2.40. The molecule has 1 rings (SSSR count). The molecule has 1 N–H and O–H groups in total. The fourth-order valence-corrected chi connectivity index (χ4v) is 1.68. The van der Waals surface area contributed by atoms with Crippen LogP contribution >= 0.6 is 0 Å². The third kappa shape index (κ3) is 5.03. The van der Waals surface area contributed by atoms with Crippen molar-refractivity contribution in [3.05, 3.63) is 35.4 Å². The van der Waals surface area contributed by atoms with Gasteiger partial charge in [-0.15, -0.1) is 0 Å². The van der Waals surface area contributed by atoms with Gasteiger partial charge in [-0.05, 0) is 20.8 Å². The van der Waals surface area contributed by atoms with Crippen LogP contribution in [-0.2, 0) is 11.3 Å². The number of hydrogen-bond donors (Lipinski definition) is 1. The van der Waals surface area contributed by atoms with Crippen LogP contribution in [-0.4, -0.2) is 17.4 Å². The first-order valence-corrected chi connectivity index (χ1v) is 6.78. The molecule has 0 aliphatic carbocycles. The number of hydrogen-bond acceptors (Lipinski definition) is 3. The van der Waals surface area contributed by atoms with E-state index < -0.39 is 6.09 Å². The van der Waals surface area contributed by atoms with Crippen LogP contribution in [0.3, 0.4) is 0 Å². The third-order valence-corrected chi connectivity index (χ3v) is 2.64. The summed E-state index contributed by atoms with van der Waals surface area (Å²) in [4.78, 5) is 23.7. The second kappa shape index (κ2) is 6.55. The van der Waals surface area contributed by atoms with Crippen molar-refractivity contribution in [1.82, 2.24) is 5.32 Å². The first-order valence-electron chi connectivity index (χ1n) is 6.78. The molecule has 0 radical (unpaired) electrons. The Hall–Kier alpha value is -1.84. The maximum Gasteiger partial charge on any atom is 0.407 e. The summed E-state index contributed by atoms with van der Waals surface area (Å²) in [5, 5.41) is 2.71. The summed E-state index contributed by atoms with van der Waals surface area (Å²) < 4.78 is 5.17. The van der Waals surface area contributed by atoms with Gasteiger partial charge in [-0.2, -0.15) is 0 Å². The van der Waals surface area contributed by atoms with Crippen LogP contribution in [0.5, 0.6) is 0 Å². The van der Waals surface area contributed by atoms with Crippen molar-refractivity contribution in [2.45, 2.75) is 46.8 Å². The van der Waals surface area contributed by atoms with Gasteiger partial charge in [-0.1, -0.05) is 38.1 Å². The number of Topliss-reactive ketones (excluding diaryl/α,β-unsaturated/α-hetero) is 1. The molecule has 0 bridgehead atoms. The number of carbonyl (C=O) groups excluding carboxylic acids is 2. The molecule has 0 spiro atoms. The summed E-state index contributed by atoms with van der Waals surface area (Å²) in [5.74, 6) is -0.0278. The second-order valence-corrected chi connectivity index (χ2v) is 6.13. The molecule has 0 aliphatic heterocycles. The van der Waals surface area contributed by atoms with Crippen LogP contribution in [0, 0.1) is 5.92 Å². The van der Waals surface area contributed by atoms with Gasteiger partial charge >= 0.3 is 6.09 Å². The van der Waals surface area contributed by atoms with Crippen molar-refractivity contribution < 1.29 is 14.3 Å². The lowest BCUT2D eigenvalue weighted by molar-refractivity contribution is 0.0932. The van der Waals surface area contributed by atoms with Crippen molar-refractivity contribution in [2.75, 3.05) is 0 Å². The van der Waals surface area contributed by atoms with Gasteiger partial charge in [0.05, 0.1) is 0 Å². The Morgan fingerprint density at radius 3 is 2.35 bits per heavy atom. The Balaban J connectivity index is 2.74. The number of rotatable bonds is 4. The molecule has 4 heteroatoms. The highest BCUT2D eigenvalue weighted by atomic mass is 16.5. The molecule has 1 aromatic carbocycles. The quantitative estimate of drug-likeness (QED) is 0.856. The zero-order chi connectivity index (χ0) is 15.3. The summed E-state index contributed by atoms with van der Waals surface area (Å²) >= 11 is 0. The fraction of sp³-hybridized carbons (Fsp3) is 0.500. The van der Waals surface area contributed by atoms with E-state index in [1.807, 2.05) is 46.8 Å². The Bertz CT molecular complexity index is 487. The number of benzene rings is 1. The van der Waals surface area contributed by atoms with Crippen LogP contribution in [0.1, 0.15) is 50.5 Å². The standard InChI is InChI=1S/C16H23NO3/c1-11(2)14(18)13-9-7-6-8-12(13)10-20-15(19)17-16(3,4)5/h6-9,11H,10H2,1-5H3,(H,17,19). The smallest absolute Gasteiger partial charge is 0.407 e. The van der Waals surface area contributed by atoms with E-state index in [9.17, 15) is 9.59 Å². The van der Waals surface area contributed by atoms with E-state index in [4.69, 9.17) is 4.74 Å². The van der Waals surface area contributed by atoms with Gasteiger partial charge in [0.1, 0.15) is 6.61 Å². The molecular weight excluding hydrogens is 254 g/mol. The van der Waals surface area contributed by atoms with E-state index in [-0.39, 0.29) is 23.8 Å². The van der Waals surface area contributed by atoms with Gasteiger partial charge in [0.25, 0.3) is 0 Å². The average molecular weight is 277 g/mol. The Kier molecular flexibility index (Phi) is 5.31. The molecule has 0 aliphatic rings. The first-order chi connectivity index (χ1) is 9.20. The molecule has 20 heavy (non-hydrogen) atoms. The molecule has 0 unspecified atom stereocenters. The van der Waals surface area contributed by atoms with Crippen LogP contribution < -0.4 is 5.32 Å². The van der Waals surface area contributed by atoms with E-state index in [0.717, 1.165) is 5.56 Å². The predicted octanol–water partition coefficient (Wildman–Crippen LogP) is 3.55. The Morgan fingerprint density at radius 1 is 1.20 bits per heavy atom. The lowest BCUT2D eigenvalue weighted by Gasteiger charge is -2.20. The molecule has 0 aromatic heterocycles. The summed E-state index contributed by atoms with van der Waals surface area (Å²) in [6, 6.07) is 7.22. The number of nitrogens with one attached hydrogen (secondary N) is 1.